The molecule has 0 spiro atoms. The Kier molecular flexibility index (Phi) is 12.0. The third kappa shape index (κ3) is 8.00. The van der Waals surface area contributed by atoms with Crippen molar-refractivity contribution in [3.63, 3.8) is 0 Å². The van der Waals surface area contributed by atoms with Gasteiger partial charge in [-0.15, -0.1) is 24.0 Å². The Hall–Kier alpha value is -1.17. The van der Waals surface area contributed by atoms with Crippen molar-refractivity contribution in [2.24, 2.45) is 10.9 Å². The average molecular weight is 564 g/mol. The summed E-state index contributed by atoms with van der Waals surface area (Å²) in [6.07, 6.45) is 2.44. The molecule has 1 N–H and O–H groups in total. The van der Waals surface area contributed by atoms with Crippen LogP contribution in [0.3, 0.4) is 0 Å². The highest BCUT2D eigenvalue weighted by Crippen LogP contribution is 2.19. The zero-order valence-electron chi connectivity index (χ0n) is 19.7. The zero-order valence-corrected chi connectivity index (χ0v) is 22.0. The summed E-state index contributed by atoms with van der Waals surface area (Å²) < 4.78 is 24.1. The number of benzene rings is 1. The summed E-state index contributed by atoms with van der Waals surface area (Å²) >= 11 is 0. The van der Waals surface area contributed by atoms with Gasteiger partial charge in [-0.25, -0.2) is 4.39 Å². The lowest BCUT2D eigenvalue weighted by Gasteiger charge is -2.37. The van der Waals surface area contributed by atoms with Gasteiger partial charge >= 0.3 is 0 Å². The minimum Gasteiger partial charge on any atom is -0.494 e. The molecule has 182 valence electrons. The third-order valence-corrected chi connectivity index (χ3v) is 6.37. The van der Waals surface area contributed by atoms with E-state index in [1.165, 1.54) is 20.0 Å². The van der Waals surface area contributed by atoms with E-state index in [1.807, 2.05) is 13.1 Å². The molecule has 2 saturated heterocycles. The maximum absolute atomic E-state index is 13.9. The van der Waals surface area contributed by atoms with E-state index in [9.17, 15) is 4.39 Å². The van der Waals surface area contributed by atoms with Crippen LogP contribution in [0.4, 0.5) is 4.39 Å². The summed E-state index contributed by atoms with van der Waals surface area (Å²) in [4.78, 5) is 11.7. The van der Waals surface area contributed by atoms with Crippen LogP contribution in [-0.4, -0.2) is 101 Å². The third-order valence-electron chi connectivity index (χ3n) is 6.37. The highest BCUT2D eigenvalue weighted by Gasteiger charge is 2.22. The van der Waals surface area contributed by atoms with Crippen molar-refractivity contribution in [2.75, 3.05) is 80.2 Å². The molecule has 3 rings (SSSR count). The second-order valence-corrected chi connectivity index (χ2v) is 8.44. The van der Waals surface area contributed by atoms with E-state index >= 15 is 0 Å². The van der Waals surface area contributed by atoms with E-state index in [-0.39, 0.29) is 29.8 Å². The molecule has 7 nitrogen and oxygen atoms in total. The molecule has 0 unspecified atom stereocenters. The van der Waals surface area contributed by atoms with Crippen molar-refractivity contribution >= 4 is 29.9 Å². The summed E-state index contributed by atoms with van der Waals surface area (Å²) in [5.41, 5.74) is 0.978. The number of rotatable bonds is 8. The Morgan fingerprint density at radius 3 is 2.41 bits per heavy atom. The molecule has 32 heavy (non-hydrogen) atoms. The first-order chi connectivity index (χ1) is 15.1. The van der Waals surface area contributed by atoms with Crippen LogP contribution >= 0.6 is 24.0 Å². The molecule has 1 aromatic rings. The molecule has 0 radical (unpaired) electrons. The van der Waals surface area contributed by atoms with Gasteiger partial charge in [-0.3, -0.25) is 9.89 Å². The maximum atomic E-state index is 13.9. The van der Waals surface area contributed by atoms with Crippen LogP contribution in [0.15, 0.2) is 23.2 Å². The molecule has 2 aliphatic heterocycles. The SMILES string of the molecule is CN=C(NCC1CCN(CCOC)CC1)N1CCN(Cc2ccc(OC)c(F)c2)CC1.I. The molecule has 2 heterocycles. The minimum atomic E-state index is -0.298. The number of ether oxygens (including phenoxy) is 2. The number of hydrogen-bond acceptors (Lipinski definition) is 5. The fourth-order valence-electron chi connectivity index (χ4n) is 4.39. The van der Waals surface area contributed by atoms with Gasteiger partial charge in [0.05, 0.1) is 13.7 Å². The van der Waals surface area contributed by atoms with Gasteiger partial charge in [-0.1, -0.05) is 6.07 Å². The van der Waals surface area contributed by atoms with Crippen molar-refractivity contribution in [1.82, 2.24) is 20.0 Å². The topological polar surface area (TPSA) is 52.6 Å². The molecule has 0 saturated carbocycles. The molecular formula is C23H39FIN5O2. The number of aliphatic imine (C=N–C) groups is 1. The Morgan fingerprint density at radius 1 is 1.09 bits per heavy atom. The number of nitrogens with zero attached hydrogens (tertiary/aromatic N) is 4. The number of halogens is 2. The standard InChI is InChI=1S/C23H38FN5O2.HI/c1-25-23(26-17-19-6-8-27(9-7-19)14-15-30-2)29-12-10-28(11-13-29)18-20-4-5-22(31-3)21(24)16-20;/h4-5,16,19H,6-15,17-18H2,1-3H3,(H,25,26);1H. The highest BCUT2D eigenvalue weighted by atomic mass is 127. The molecule has 0 bridgehead atoms. The van der Waals surface area contributed by atoms with Gasteiger partial charge in [0.2, 0.25) is 0 Å². The molecule has 0 aliphatic carbocycles. The molecule has 2 aliphatic rings. The van der Waals surface area contributed by atoms with Crippen LogP contribution < -0.4 is 10.1 Å². The Morgan fingerprint density at radius 2 is 1.81 bits per heavy atom. The molecule has 2 fully saturated rings. The fourth-order valence-corrected chi connectivity index (χ4v) is 4.39. The van der Waals surface area contributed by atoms with Gasteiger partial charge in [0, 0.05) is 60.0 Å². The lowest BCUT2D eigenvalue weighted by molar-refractivity contribution is 0.120. The summed E-state index contributed by atoms with van der Waals surface area (Å²) in [5, 5.41) is 3.60. The molecular weight excluding hydrogens is 524 g/mol. The van der Waals surface area contributed by atoms with Crippen LogP contribution in [0.5, 0.6) is 5.75 Å². The number of piperazine rings is 1. The summed E-state index contributed by atoms with van der Waals surface area (Å²) in [5.74, 6) is 1.69. The van der Waals surface area contributed by atoms with Gasteiger partial charge in [0.25, 0.3) is 0 Å². The molecule has 1 aromatic carbocycles. The van der Waals surface area contributed by atoms with E-state index < -0.39 is 0 Å². The summed E-state index contributed by atoms with van der Waals surface area (Å²) in [6.45, 7) is 9.61. The van der Waals surface area contributed by atoms with Gasteiger partial charge in [-0.2, -0.15) is 0 Å². The van der Waals surface area contributed by atoms with Crippen LogP contribution in [-0.2, 0) is 11.3 Å². The molecule has 9 heteroatoms. The van der Waals surface area contributed by atoms with Crippen molar-refractivity contribution in [2.45, 2.75) is 19.4 Å². The quantitative estimate of drug-likeness (QED) is 0.298. The van der Waals surface area contributed by atoms with Gasteiger partial charge in [0.15, 0.2) is 17.5 Å². The second-order valence-electron chi connectivity index (χ2n) is 8.44. The van der Waals surface area contributed by atoms with E-state index in [0.717, 1.165) is 77.0 Å². The second kappa shape index (κ2) is 14.2. The lowest BCUT2D eigenvalue weighted by atomic mass is 9.97. The van der Waals surface area contributed by atoms with Gasteiger partial charge in [0.1, 0.15) is 0 Å². The monoisotopic (exact) mass is 563 g/mol. The Labute approximate surface area is 209 Å². The van der Waals surface area contributed by atoms with Crippen molar-refractivity contribution in [3.8, 4) is 5.75 Å². The lowest BCUT2D eigenvalue weighted by Crippen LogP contribution is -2.53. The minimum absolute atomic E-state index is 0. The van der Waals surface area contributed by atoms with Crippen molar-refractivity contribution in [3.05, 3.63) is 29.6 Å². The van der Waals surface area contributed by atoms with Crippen LogP contribution in [0.25, 0.3) is 0 Å². The van der Waals surface area contributed by atoms with Crippen molar-refractivity contribution < 1.29 is 13.9 Å². The fraction of sp³-hybridized carbons (Fsp3) is 0.696. The zero-order chi connectivity index (χ0) is 22.1. The van der Waals surface area contributed by atoms with E-state index in [2.05, 4.69) is 25.0 Å². The van der Waals surface area contributed by atoms with E-state index in [1.54, 1.807) is 19.2 Å². The average Bonchev–Trinajstić information content (AvgIpc) is 2.80. The van der Waals surface area contributed by atoms with E-state index in [0.29, 0.717) is 11.7 Å². The number of guanidine groups is 1. The first-order valence-electron chi connectivity index (χ1n) is 11.3. The number of piperidine rings is 1. The van der Waals surface area contributed by atoms with Crippen LogP contribution in [0.1, 0.15) is 18.4 Å². The summed E-state index contributed by atoms with van der Waals surface area (Å²) in [7, 11) is 5.12. The van der Waals surface area contributed by atoms with E-state index in [4.69, 9.17) is 9.47 Å². The number of hydrogen-bond donors (Lipinski definition) is 1. The highest BCUT2D eigenvalue weighted by molar-refractivity contribution is 14.0. The van der Waals surface area contributed by atoms with Crippen molar-refractivity contribution in [1.29, 1.82) is 0 Å². The normalized spacial score (nSPS) is 19.0. The van der Waals surface area contributed by atoms with Crippen LogP contribution in [0, 0.1) is 11.7 Å². The Bertz CT molecular complexity index is 708. The van der Waals surface area contributed by atoms with Gasteiger partial charge in [-0.05, 0) is 49.5 Å². The Balaban J connectivity index is 0.00000363. The summed E-state index contributed by atoms with van der Waals surface area (Å²) in [6, 6.07) is 5.22. The number of likely N-dealkylation sites (tertiary alicyclic amines) is 1. The predicted octanol–water partition coefficient (Wildman–Crippen LogP) is 2.50. The molecule has 0 atom stereocenters. The number of methoxy groups -OCH3 is 2. The molecule has 0 amide bonds. The predicted molar refractivity (Wildman–Crippen MR) is 138 cm³/mol. The molecule has 0 aromatic heterocycles. The first-order valence-corrected chi connectivity index (χ1v) is 11.3. The van der Waals surface area contributed by atoms with Gasteiger partial charge < -0.3 is 24.6 Å². The largest absolute Gasteiger partial charge is 0.494 e. The number of nitrogens with one attached hydrogen (secondary N) is 1. The van der Waals surface area contributed by atoms with Crippen LogP contribution in [0.2, 0.25) is 0 Å². The smallest absolute Gasteiger partial charge is 0.193 e. The first kappa shape index (κ1) is 27.1. The maximum Gasteiger partial charge on any atom is 0.193 e.